The lowest BCUT2D eigenvalue weighted by Gasteiger charge is -2.22. The SMILES string of the molecule is CC(C)=CCc1cc(O)c(O)c2oc3cc4c(cc3c(=O)c12)C(C)(C)C(C)O4. The number of benzene rings is 2. The van der Waals surface area contributed by atoms with Crippen LogP contribution >= 0.6 is 0 Å². The normalized spacial score (nSPS) is 17.5. The van der Waals surface area contributed by atoms with Gasteiger partial charge in [0.1, 0.15) is 17.4 Å². The highest BCUT2D eigenvalue weighted by Crippen LogP contribution is 2.45. The molecule has 0 radical (unpaired) electrons. The van der Waals surface area contributed by atoms with Crippen molar-refractivity contribution in [2.45, 2.75) is 52.6 Å². The molecule has 5 nitrogen and oxygen atoms in total. The van der Waals surface area contributed by atoms with Crippen molar-refractivity contribution in [3.8, 4) is 17.2 Å². The molecule has 0 fully saturated rings. The van der Waals surface area contributed by atoms with Crippen molar-refractivity contribution < 1.29 is 19.4 Å². The van der Waals surface area contributed by atoms with Crippen LogP contribution < -0.4 is 10.2 Å². The Labute approximate surface area is 162 Å². The van der Waals surface area contributed by atoms with E-state index in [2.05, 4.69) is 13.8 Å². The second kappa shape index (κ2) is 6.03. The van der Waals surface area contributed by atoms with Crippen LogP contribution in [0, 0.1) is 0 Å². The van der Waals surface area contributed by atoms with Crippen molar-refractivity contribution in [2.75, 3.05) is 0 Å². The van der Waals surface area contributed by atoms with Gasteiger partial charge in [-0.3, -0.25) is 4.79 Å². The van der Waals surface area contributed by atoms with Gasteiger partial charge in [0.15, 0.2) is 11.3 Å². The fraction of sp³-hybridized carbons (Fsp3) is 0.348. The predicted octanol–water partition coefficient (Wildman–Crippen LogP) is 4.92. The van der Waals surface area contributed by atoms with Gasteiger partial charge in [-0.1, -0.05) is 25.5 Å². The van der Waals surface area contributed by atoms with Gasteiger partial charge in [-0.25, -0.2) is 0 Å². The third kappa shape index (κ3) is 2.57. The zero-order chi connectivity index (χ0) is 20.4. The van der Waals surface area contributed by atoms with E-state index in [0.29, 0.717) is 34.1 Å². The number of ether oxygens (including phenoxy) is 1. The quantitative estimate of drug-likeness (QED) is 0.375. The minimum atomic E-state index is -0.426. The molecule has 0 spiro atoms. The van der Waals surface area contributed by atoms with Crippen molar-refractivity contribution in [1.82, 2.24) is 0 Å². The Hall–Kier alpha value is -2.95. The van der Waals surface area contributed by atoms with Crippen molar-refractivity contribution >= 4 is 21.9 Å². The molecule has 4 rings (SSSR count). The molecular weight excluding hydrogens is 356 g/mol. The van der Waals surface area contributed by atoms with Crippen LogP contribution in [0.2, 0.25) is 0 Å². The lowest BCUT2D eigenvalue weighted by molar-refractivity contribution is 0.185. The minimum absolute atomic E-state index is 0.0000817. The number of aromatic hydroxyl groups is 2. The number of hydrogen-bond donors (Lipinski definition) is 2. The molecule has 0 bridgehead atoms. The summed E-state index contributed by atoms with van der Waals surface area (Å²) < 4.78 is 11.8. The summed E-state index contributed by atoms with van der Waals surface area (Å²) in [5.74, 6) is -0.0544. The van der Waals surface area contributed by atoms with Crippen LogP contribution in [0.15, 0.2) is 39.1 Å². The summed E-state index contributed by atoms with van der Waals surface area (Å²) in [6, 6.07) is 4.98. The molecule has 2 N–H and O–H groups in total. The van der Waals surface area contributed by atoms with E-state index >= 15 is 0 Å². The standard InChI is InChI=1S/C23H24O5/c1-11(2)6-7-13-8-16(24)21(26)22-19(13)20(25)14-9-15-18(10-17(14)28-22)27-12(3)23(15,4)5/h6,8-10,12,24,26H,7H2,1-5H3. The monoisotopic (exact) mass is 380 g/mol. The molecule has 1 unspecified atom stereocenters. The Morgan fingerprint density at radius 2 is 1.93 bits per heavy atom. The lowest BCUT2D eigenvalue weighted by atomic mass is 9.81. The largest absolute Gasteiger partial charge is 0.504 e. The molecule has 2 heterocycles. The highest BCUT2D eigenvalue weighted by Gasteiger charge is 2.39. The second-order valence-electron chi connectivity index (χ2n) is 8.35. The summed E-state index contributed by atoms with van der Waals surface area (Å²) in [5.41, 5.74) is 2.56. The number of phenolic OH excluding ortho intramolecular Hbond substituents is 2. The topological polar surface area (TPSA) is 79.9 Å². The van der Waals surface area contributed by atoms with Gasteiger partial charge in [-0.15, -0.1) is 0 Å². The van der Waals surface area contributed by atoms with Gasteiger partial charge in [-0.05, 0) is 44.9 Å². The molecule has 0 aliphatic carbocycles. The number of fused-ring (bicyclic) bond motifs is 3. The van der Waals surface area contributed by atoms with Gasteiger partial charge >= 0.3 is 0 Å². The maximum Gasteiger partial charge on any atom is 0.201 e. The summed E-state index contributed by atoms with van der Waals surface area (Å²) in [4.78, 5) is 13.4. The Balaban J connectivity index is 2.10. The summed E-state index contributed by atoms with van der Waals surface area (Å²) in [5, 5.41) is 21.2. The van der Waals surface area contributed by atoms with E-state index in [-0.39, 0.29) is 28.3 Å². The van der Waals surface area contributed by atoms with Gasteiger partial charge in [0.05, 0.1) is 10.8 Å². The molecule has 28 heavy (non-hydrogen) atoms. The smallest absolute Gasteiger partial charge is 0.201 e. The van der Waals surface area contributed by atoms with Crippen LogP contribution in [-0.4, -0.2) is 16.3 Å². The zero-order valence-corrected chi connectivity index (χ0v) is 16.7. The number of allylic oxidation sites excluding steroid dienone is 2. The van der Waals surface area contributed by atoms with Crippen molar-refractivity contribution in [3.63, 3.8) is 0 Å². The summed E-state index contributed by atoms with van der Waals surface area (Å²) in [6.07, 6.45) is 2.39. The van der Waals surface area contributed by atoms with Crippen LogP contribution in [0.1, 0.15) is 45.7 Å². The fourth-order valence-electron chi connectivity index (χ4n) is 3.73. The van der Waals surface area contributed by atoms with Crippen molar-refractivity contribution in [1.29, 1.82) is 0 Å². The van der Waals surface area contributed by atoms with E-state index in [9.17, 15) is 15.0 Å². The zero-order valence-electron chi connectivity index (χ0n) is 16.7. The number of phenols is 2. The van der Waals surface area contributed by atoms with E-state index < -0.39 is 5.75 Å². The molecule has 0 saturated heterocycles. The predicted molar refractivity (Wildman–Crippen MR) is 110 cm³/mol. The third-order valence-corrected chi connectivity index (χ3v) is 5.83. The Morgan fingerprint density at radius 3 is 2.61 bits per heavy atom. The molecule has 3 aromatic rings. The molecular formula is C23H24O5. The lowest BCUT2D eigenvalue weighted by Crippen LogP contribution is -2.28. The first-order valence-electron chi connectivity index (χ1n) is 9.40. The molecule has 1 atom stereocenters. The first kappa shape index (κ1) is 18.4. The van der Waals surface area contributed by atoms with Gasteiger partial charge in [0.25, 0.3) is 0 Å². The maximum absolute atomic E-state index is 13.4. The molecule has 146 valence electrons. The van der Waals surface area contributed by atoms with E-state index in [1.54, 1.807) is 6.07 Å². The van der Waals surface area contributed by atoms with E-state index in [0.717, 1.165) is 11.1 Å². The van der Waals surface area contributed by atoms with E-state index in [4.69, 9.17) is 9.15 Å². The van der Waals surface area contributed by atoms with Crippen LogP contribution in [0.4, 0.5) is 0 Å². The van der Waals surface area contributed by atoms with Crippen LogP contribution in [-0.2, 0) is 11.8 Å². The Morgan fingerprint density at radius 1 is 1.21 bits per heavy atom. The Bertz CT molecular complexity index is 1210. The molecule has 0 saturated carbocycles. The highest BCUT2D eigenvalue weighted by atomic mass is 16.5. The fourth-order valence-corrected chi connectivity index (χ4v) is 3.73. The molecule has 0 amide bonds. The van der Waals surface area contributed by atoms with E-state index in [1.807, 2.05) is 32.9 Å². The second-order valence-corrected chi connectivity index (χ2v) is 8.35. The first-order chi connectivity index (χ1) is 13.1. The van der Waals surface area contributed by atoms with Gasteiger partial charge in [0, 0.05) is 17.0 Å². The summed E-state index contributed by atoms with van der Waals surface area (Å²) >= 11 is 0. The first-order valence-corrected chi connectivity index (χ1v) is 9.40. The minimum Gasteiger partial charge on any atom is -0.504 e. The number of rotatable bonds is 2. The third-order valence-electron chi connectivity index (χ3n) is 5.83. The van der Waals surface area contributed by atoms with E-state index in [1.165, 1.54) is 6.07 Å². The number of hydrogen-bond acceptors (Lipinski definition) is 5. The van der Waals surface area contributed by atoms with Crippen LogP contribution in [0.25, 0.3) is 21.9 Å². The average molecular weight is 380 g/mol. The Kier molecular flexibility index (Phi) is 3.96. The van der Waals surface area contributed by atoms with Gasteiger partial charge < -0.3 is 19.4 Å². The highest BCUT2D eigenvalue weighted by molar-refractivity contribution is 5.96. The molecule has 1 aliphatic rings. The van der Waals surface area contributed by atoms with Gasteiger partial charge in [0.2, 0.25) is 11.2 Å². The average Bonchev–Trinajstić information content (AvgIpc) is 2.84. The molecule has 2 aromatic carbocycles. The molecule has 1 aliphatic heterocycles. The van der Waals surface area contributed by atoms with Crippen LogP contribution in [0.5, 0.6) is 17.2 Å². The van der Waals surface area contributed by atoms with Crippen molar-refractivity contribution in [3.05, 3.63) is 51.2 Å². The molecule has 1 aromatic heterocycles. The maximum atomic E-state index is 13.4. The van der Waals surface area contributed by atoms with Crippen molar-refractivity contribution in [2.24, 2.45) is 0 Å². The molecule has 5 heteroatoms. The summed E-state index contributed by atoms with van der Waals surface area (Å²) in [6.45, 7) is 10.1. The summed E-state index contributed by atoms with van der Waals surface area (Å²) in [7, 11) is 0. The van der Waals surface area contributed by atoms with Crippen LogP contribution in [0.3, 0.4) is 0 Å². The van der Waals surface area contributed by atoms with Gasteiger partial charge in [-0.2, -0.15) is 0 Å².